The average molecular weight is 385 g/mol. The van der Waals surface area contributed by atoms with E-state index in [1.807, 2.05) is 64.4 Å². The molecule has 2 fully saturated rings. The predicted octanol–water partition coefficient (Wildman–Crippen LogP) is 3.60. The summed E-state index contributed by atoms with van der Waals surface area (Å²) in [7, 11) is 0. The monoisotopic (exact) mass is 385 g/mol. The molecule has 1 saturated heterocycles. The highest BCUT2D eigenvalue weighted by Crippen LogP contribution is 2.31. The summed E-state index contributed by atoms with van der Waals surface area (Å²) in [6.45, 7) is 2.48. The van der Waals surface area contributed by atoms with Crippen molar-refractivity contribution < 1.29 is 9.59 Å². The molecule has 5 heteroatoms. The van der Waals surface area contributed by atoms with E-state index in [9.17, 15) is 9.59 Å². The second-order valence-corrected chi connectivity index (χ2v) is 7.86. The molecule has 0 bridgehead atoms. The first-order chi connectivity index (χ1) is 14.2. The van der Waals surface area contributed by atoms with Crippen molar-refractivity contribution >= 4 is 22.7 Å². The largest absolute Gasteiger partial charge is 0.339 e. The Hall–Kier alpha value is -3.21. The molecule has 2 aromatic carbocycles. The molecule has 5 nitrogen and oxygen atoms in total. The van der Waals surface area contributed by atoms with Crippen molar-refractivity contribution in [3.8, 4) is 11.3 Å². The minimum Gasteiger partial charge on any atom is -0.339 e. The van der Waals surface area contributed by atoms with E-state index >= 15 is 0 Å². The molecule has 2 aliphatic rings. The number of amides is 2. The molecule has 1 aliphatic heterocycles. The lowest BCUT2D eigenvalue weighted by atomic mass is 10.1. The second kappa shape index (κ2) is 7.32. The fourth-order valence-electron chi connectivity index (χ4n) is 3.91. The molecule has 1 aromatic heterocycles. The highest BCUT2D eigenvalue weighted by molar-refractivity contribution is 5.95. The third-order valence-electron chi connectivity index (χ3n) is 5.83. The molecule has 29 heavy (non-hydrogen) atoms. The van der Waals surface area contributed by atoms with Crippen LogP contribution in [0.1, 0.15) is 23.2 Å². The first-order valence-electron chi connectivity index (χ1n) is 10.2. The summed E-state index contributed by atoms with van der Waals surface area (Å²) in [4.78, 5) is 33.5. The number of hydrogen-bond donors (Lipinski definition) is 0. The molecule has 146 valence electrons. The van der Waals surface area contributed by atoms with Crippen LogP contribution in [-0.2, 0) is 4.79 Å². The van der Waals surface area contributed by atoms with Gasteiger partial charge < -0.3 is 9.80 Å². The zero-order chi connectivity index (χ0) is 19.8. The van der Waals surface area contributed by atoms with E-state index in [4.69, 9.17) is 4.98 Å². The lowest BCUT2D eigenvalue weighted by molar-refractivity contribution is -0.134. The van der Waals surface area contributed by atoms with Crippen LogP contribution in [0.4, 0.5) is 0 Å². The van der Waals surface area contributed by atoms with Crippen LogP contribution in [0.3, 0.4) is 0 Å². The van der Waals surface area contributed by atoms with Crippen LogP contribution < -0.4 is 0 Å². The Labute approximate surface area is 170 Å². The number of aromatic nitrogens is 1. The third kappa shape index (κ3) is 3.60. The SMILES string of the molecule is O=C(c1ccc(-c2ccc3ccccc3n2)cc1)N1CCN(C(=O)C2CC2)CC1. The molecular formula is C24H23N3O2. The van der Waals surface area contributed by atoms with Crippen LogP contribution in [0.2, 0.25) is 0 Å². The van der Waals surface area contributed by atoms with Gasteiger partial charge in [-0.2, -0.15) is 0 Å². The molecule has 0 unspecified atom stereocenters. The van der Waals surface area contributed by atoms with Gasteiger partial charge in [-0.25, -0.2) is 4.98 Å². The maximum atomic E-state index is 12.9. The smallest absolute Gasteiger partial charge is 0.253 e. The summed E-state index contributed by atoms with van der Waals surface area (Å²) in [5, 5.41) is 1.11. The Morgan fingerprint density at radius 3 is 2.21 bits per heavy atom. The van der Waals surface area contributed by atoms with E-state index in [2.05, 4.69) is 6.07 Å². The van der Waals surface area contributed by atoms with Crippen molar-refractivity contribution in [2.24, 2.45) is 5.92 Å². The van der Waals surface area contributed by atoms with E-state index in [1.54, 1.807) is 0 Å². The van der Waals surface area contributed by atoms with E-state index in [0.29, 0.717) is 31.7 Å². The Kier molecular flexibility index (Phi) is 4.51. The lowest BCUT2D eigenvalue weighted by Gasteiger charge is -2.35. The molecule has 0 N–H and O–H groups in total. The number of piperazine rings is 1. The molecule has 1 saturated carbocycles. The van der Waals surface area contributed by atoms with Gasteiger partial charge in [-0.3, -0.25) is 9.59 Å². The van der Waals surface area contributed by atoms with E-state index in [-0.39, 0.29) is 17.7 Å². The van der Waals surface area contributed by atoms with Crippen LogP contribution in [0, 0.1) is 5.92 Å². The third-order valence-corrected chi connectivity index (χ3v) is 5.83. The maximum absolute atomic E-state index is 12.9. The summed E-state index contributed by atoms with van der Waals surface area (Å²) in [5.41, 5.74) is 3.53. The Bertz CT molecular complexity index is 1060. The Balaban J connectivity index is 1.27. The number of nitrogens with zero attached hydrogens (tertiary/aromatic N) is 3. The standard InChI is InChI=1S/C24H23N3O2/c28-23(26-13-15-27(16-14-26)24(29)20-9-10-20)19-7-5-18(6-8-19)22-12-11-17-3-1-2-4-21(17)25-22/h1-8,11-12,20H,9-10,13-16H2. The van der Waals surface area contributed by atoms with Crippen LogP contribution in [0.25, 0.3) is 22.2 Å². The number of fused-ring (bicyclic) bond motifs is 1. The number of carbonyl (C=O) groups is 2. The number of pyridine rings is 1. The fraction of sp³-hybridized carbons (Fsp3) is 0.292. The molecule has 5 rings (SSSR count). The van der Waals surface area contributed by atoms with Crippen LogP contribution in [0.15, 0.2) is 60.7 Å². The maximum Gasteiger partial charge on any atom is 0.253 e. The Morgan fingerprint density at radius 2 is 1.48 bits per heavy atom. The Morgan fingerprint density at radius 1 is 0.793 bits per heavy atom. The minimum absolute atomic E-state index is 0.0292. The van der Waals surface area contributed by atoms with Crippen LogP contribution in [-0.4, -0.2) is 52.8 Å². The molecule has 0 atom stereocenters. The number of hydrogen-bond acceptors (Lipinski definition) is 3. The van der Waals surface area contributed by atoms with Crippen molar-refractivity contribution in [2.75, 3.05) is 26.2 Å². The summed E-state index contributed by atoms with van der Waals surface area (Å²) in [6, 6.07) is 19.8. The normalized spacial score (nSPS) is 16.8. The van der Waals surface area contributed by atoms with Gasteiger partial charge in [-0.1, -0.05) is 36.4 Å². The summed E-state index contributed by atoms with van der Waals surface area (Å²) >= 11 is 0. The van der Waals surface area contributed by atoms with Crippen molar-refractivity contribution in [1.29, 1.82) is 0 Å². The summed E-state index contributed by atoms with van der Waals surface area (Å²) in [6.07, 6.45) is 2.05. The van der Waals surface area contributed by atoms with Crippen molar-refractivity contribution in [1.82, 2.24) is 14.8 Å². The molecule has 3 aromatic rings. The summed E-state index contributed by atoms with van der Waals surface area (Å²) in [5.74, 6) is 0.541. The zero-order valence-electron chi connectivity index (χ0n) is 16.3. The second-order valence-electron chi connectivity index (χ2n) is 7.86. The van der Waals surface area contributed by atoms with E-state index in [0.717, 1.165) is 35.0 Å². The highest BCUT2D eigenvalue weighted by atomic mass is 16.2. The van der Waals surface area contributed by atoms with Crippen molar-refractivity contribution in [3.05, 3.63) is 66.2 Å². The minimum atomic E-state index is 0.0292. The number of carbonyl (C=O) groups excluding carboxylic acids is 2. The van der Waals surface area contributed by atoms with Crippen molar-refractivity contribution in [3.63, 3.8) is 0 Å². The van der Waals surface area contributed by atoms with Crippen LogP contribution in [0.5, 0.6) is 0 Å². The van der Waals surface area contributed by atoms with Gasteiger partial charge in [0.2, 0.25) is 5.91 Å². The molecule has 2 heterocycles. The first kappa shape index (κ1) is 17.9. The summed E-state index contributed by atoms with van der Waals surface area (Å²) < 4.78 is 0. The zero-order valence-corrected chi connectivity index (χ0v) is 16.3. The average Bonchev–Trinajstić information content (AvgIpc) is 3.63. The van der Waals surface area contributed by atoms with Gasteiger partial charge in [0.25, 0.3) is 5.91 Å². The lowest BCUT2D eigenvalue weighted by Crippen LogP contribution is -2.51. The van der Waals surface area contributed by atoms with Gasteiger partial charge in [-0.05, 0) is 37.1 Å². The molecular weight excluding hydrogens is 362 g/mol. The number of para-hydroxylation sites is 1. The van der Waals surface area contributed by atoms with Gasteiger partial charge in [0, 0.05) is 48.6 Å². The number of rotatable bonds is 3. The molecule has 0 radical (unpaired) electrons. The number of benzene rings is 2. The van der Waals surface area contributed by atoms with Crippen LogP contribution >= 0.6 is 0 Å². The highest BCUT2D eigenvalue weighted by Gasteiger charge is 2.35. The topological polar surface area (TPSA) is 53.5 Å². The van der Waals surface area contributed by atoms with Gasteiger partial charge in [0.15, 0.2) is 0 Å². The van der Waals surface area contributed by atoms with Gasteiger partial charge in [0.05, 0.1) is 11.2 Å². The van der Waals surface area contributed by atoms with Gasteiger partial charge in [0.1, 0.15) is 0 Å². The van der Waals surface area contributed by atoms with Crippen molar-refractivity contribution in [2.45, 2.75) is 12.8 Å². The van der Waals surface area contributed by atoms with E-state index < -0.39 is 0 Å². The molecule has 1 aliphatic carbocycles. The van der Waals surface area contributed by atoms with Gasteiger partial charge in [-0.15, -0.1) is 0 Å². The quantitative estimate of drug-likeness (QED) is 0.692. The van der Waals surface area contributed by atoms with Gasteiger partial charge >= 0.3 is 0 Å². The molecule has 2 amide bonds. The fourth-order valence-corrected chi connectivity index (χ4v) is 3.91. The van der Waals surface area contributed by atoms with E-state index in [1.165, 1.54) is 0 Å². The predicted molar refractivity (Wildman–Crippen MR) is 112 cm³/mol. The first-order valence-corrected chi connectivity index (χ1v) is 10.2. The molecule has 0 spiro atoms.